The molecule has 2 heterocycles. The molecule has 4 rings (SSSR count). The van der Waals surface area contributed by atoms with Gasteiger partial charge in [0.05, 0.1) is 31.4 Å². The van der Waals surface area contributed by atoms with Gasteiger partial charge in [0.2, 0.25) is 0 Å². The van der Waals surface area contributed by atoms with Gasteiger partial charge in [-0.25, -0.2) is 0 Å². The number of rotatable bonds is 7. The fraction of sp³-hybridized carbons (Fsp3) is 0.231. The first kappa shape index (κ1) is 24.6. The lowest BCUT2D eigenvalue weighted by Gasteiger charge is -2.25. The van der Waals surface area contributed by atoms with Gasteiger partial charge < -0.3 is 19.3 Å². The van der Waals surface area contributed by atoms with E-state index in [2.05, 4.69) is 0 Å². The SMILES string of the molecule is CCOc1cc(/C(O)=C2/C(=O)C(=O)N(c3ccc(OC)c(OC)c3)C2c2sccc2C)ccc1Cl. The van der Waals surface area contributed by atoms with Crippen LogP contribution >= 0.6 is 22.9 Å². The second-order valence-electron chi connectivity index (χ2n) is 7.75. The van der Waals surface area contributed by atoms with Crippen LogP contribution in [0.5, 0.6) is 17.2 Å². The molecule has 0 bridgehead atoms. The molecule has 7 nitrogen and oxygen atoms in total. The van der Waals surface area contributed by atoms with Crippen LogP contribution in [0.1, 0.15) is 29.0 Å². The van der Waals surface area contributed by atoms with Crippen molar-refractivity contribution in [2.24, 2.45) is 0 Å². The Labute approximate surface area is 212 Å². The minimum atomic E-state index is -0.834. The molecule has 0 saturated carbocycles. The van der Waals surface area contributed by atoms with Gasteiger partial charge in [-0.2, -0.15) is 0 Å². The van der Waals surface area contributed by atoms with Crippen LogP contribution in [0.2, 0.25) is 5.02 Å². The number of ether oxygens (including phenoxy) is 3. The number of carbonyl (C=O) groups excluding carboxylic acids is 2. The number of methoxy groups -OCH3 is 2. The average Bonchev–Trinajstić information content (AvgIpc) is 3.39. The number of ketones is 1. The van der Waals surface area contributed by atoms with Crippen LogP contribution in [0, 0.1) is 6.92 Å². The van der Waals surface area contributed by atoms with E-state index < -0.39 is 17.7 Å². The Morgan fingerprint density at radius 1 is 1.06 bits per heavy atom. The fourth-order valence-corrected chi connectivity index (χ4v) is 5.26. The van der Waals surface area contributed by atoms with Crippen molar-refractivity contribution in [3.05, 3.63) is 74.4 Å². The Hall–Kier alpha value is -3.49. The number of hydrogen-bond donors (Lipinski definition) is 1. The largest absolute Gasteiger partial charge is 0.507 e. The Morgan fingerprint density at radius 3 is 2.43 bits per heavy atom. The topological polar surface area (TPSA) is 85.3 Å². The van der Waals surface area contributed by atoms with Crippen LogP contribution in [-0.4, -0.2) is 37.6 Å². The second kappa shape index (κ2) is 10.0. The molecular formula is C26H24ClNO6S. The summed E-state index contributed by atoms with van der Waals surface area (Å²) >= 11 is 7.61. The lowest BCUT2D eigenvalue weighted by Crippen LogP contribution is -2.29. The second-order valence-corrected chi connectivity index (χ2v) is 9.11. The van der Waals surface area contributed by atoms with Gasteiger partial charge in [0.1, 0.15) is 17.6 Å². The Kier molecular flexibility index (Phi) is 7.05. The van der Waals surface area contributed by atoms with Gasteiger partial charge in [0, 0.05) is 22.2 Å². The van der Waals surface area contributed by atoms with E-state index in [-0.39, 0.29) is 11.3 Å². The maximum Gasteiger partial charge on any atom is 0.300 e. The summed E-state index contributed by atoms with van der Waals surface area (Å²) in [6.45, 7) is 4.09. The molecule has 1 atom stereocenters. The van der Waals surface area contributed by atoms with Crippen LogP contribution in [0.4, 0.5) is 5.69 Å². The molecule has 1 N–H and O–H groups in total. The Bertz CT molecular complexity index is 1330. The summed E-state index contributed by atoms with van der Waals surface area (Å²) in [4.78, 5) is 28.9. The molecular weight excluding hydrogens is 490 g/mol. The highest BCUT2D eigenvalue weighted by Gasteiger charge is 2.48. The van der Waals surface area contributed by atoms with Crippen molar-refractivity contribution >= 4 is 46.1 Å². The van der Waals surface area contributed by atoms with Crippen molar-refractivity contribution in [1.29, 1.82) is 0 Å². The van der Waals surface area contributed by atoms with Gasteiger partial charge in [0.25, 0.3) is 11.7 Å². The number of aryl methyl sites for hydroxylation is 1. The number of Topliss-reactive ketones (excluding diaryl/α,β-unsaturated/α-hetero) is 1. The first-order valence-electron chi connectivity index (χ1n) is 10.8. The number of benzene rings is 2. The highest BCUT2D eigenvalue weighted by molar-refractivity contribution is 7.10. The number of hydrogen-bond acceptors (Lipinski definition) is 7. The van der Waals surface area contributed by atoms with Crippen LogP contribution in [0.15, 0.2) is 53.4 Å². The number of halogens is 1. The molecule has 1 aliphatic heterocycles. The third kappa shape index (κ3) is 4.35. The molecule has 2 aromatic carbocycles. The first-order chi connectivity index (χ1) is 16.8. The van der Waals surface area contributed by atoms with E-state index in [0.29, 0.717) is 40.1 Å². The average molecular weight is 514 g/mol. The van der Waals surface area contributed by atoms with Crippen molar-refractivity contribution in [3.63, 3.8) is 0 Å². The predicted molar refractivity (Wildman–Crippen MR) is 136 cm³/mol. The maximum absolute atomic E-state index is 13.4. The van der Waals surface area contributed by atoms with E-state index in [1.54, 1.807) is 36.4 Å². The van der Waals surface area contributed by atoms with Gasteiger partial charge in [-0.15, -0.1) is 11.3 Å². The van der Waals surface area contributed by atoms with Crippen molar-refractivity contribution in [2.45, 2.75) is 19.9 Å². The van der Waals surface area contributed by atoms with E-state index in [9.17, 15) is 14.7 Å². The van der Waals surface area contributed by atoms with Crippen LogP contribution in [-0.2, 0) is 9.59 Å². The normalized spacial score (nSPS) is 17.1. The quantitative estimate of drug-likeness (QED) is 0.246. The summed E-state index contributed by atoms with van der Waals surface area (Å²) in [6.07, 6.45) is 0. The zero-order valence-electron chi connectivity index (χ0n) is 19.6. The molecule has 1 aromatic heterocycles. The third-order valence-corrected chi connectivity index (χ3v) is 7.13. The summed E-state index contributed by atoms with van der Waals surface area (Å²) < 4.78 is 16.3. The molecule has 35 heavy (non-hydrogen) atoms. The number of nitrogens with zero attached hydrogens (tertiary/aromatic N) is 1. The van der Waals surface area contributed by atoms with Crippen molar-refractivity contribution < 1.29 is 28.9 Å². The molecule has 9 heteroatoms. The van der Waals surface area contributed by atoms with Crippen LogP contribution in [0.25, 0.3) is 5.76 Å². The van der Waals surface area contributed by atoms with Gasteiger partial charge in [-0.05, 0) is 61.2 Å². The monoisotopic (exact) mass is 513 g/mol. The number of amides is 1. The zero-order chi connectivity index (χ0) is 25.3. The lowest BCUT2D eigenvalue weighted by atomic mass is 9.98. The summed E-state index contributed by atoms with van der Waals surface area (Å²) in [5, 5.41) is 13.6. The van der Waals surface area contributed by atoms with E-state index in [4.69, 9.17) is 25.8 Å². The molecule has 3 aromatic rings. The lowest BCUT2D eigenvalue weighted by molar-refractivity contribution is -0.132. The fourth-order valence-electron chi connectivity index (χ4n) is 4.06. The predicted octanol–water partition coefficient (Wildman–Crippen LogP) is 5.75. The summed E-state index contributed by atoms with van der Waals surface area (Å²) in [7, 11) is 3.01. The highest BCUT2D eigenvalue weighted by Crippen LogP contribution is 2.46. The maximum atomic E-state index is 13.4. The molecule has 0 radical (unpaired) electrons. The molecule has 0 spiro atoms. The van der Waals surface area contributed by atoms with E-state index in [1.807, 2.05) is 25.3 Å². The standard InChI is InChI=1S/C26H24ClNO6S/c1-5-34-19-12-15(6-8-17(19)27)23(29)21-22(25-14(2)10-11-35-25)28(26(31)24(21)30)16-7-9-18(32-3)20(13-16)33-4/h6-13,22,29H,5H2,1-4H3/b23-21-. The Morgan fingerprint density at radius 2 is 1.80 bits per heavy atom. The minimum absolute atomic E-state index is 0.0138. The van der Waals surface area contributed by atoms with Gasteiger partial charge in [0.15, 0.2) is 11.5 Å². The first-order valence-corrected chi connectivity index (χ1v) is 12.1. The smallest absolute Gasteiger partial charge is 0.300 e. The summed E-state index contributed by atoms with van der Waals surface area (Å²) in [5.41, 5.74) is 1.64. The number of aliphatic hydroxyl groups excluding tert-OH is 1. The van der Waals surface area contributed by atoms with Crippen molar-refractivity contribution in [3.8, 4) is 17.2 Å². The molecule has 1 fully saturated rings. The molecule has 1 saturated heterocycles. The van der Waals surface area contributed by atoms with Gasteiger partial charge in [-0.1, -0.05) is 11.6 Å². The summed E-state index contributed by atoms with van der Waals surface area (Å²) in [5.74, 6) is -0.578. The number of anilines is 1. The minimum Gasteiger partial charge on any atom is -0.507 e. The molecule has 0 aliphatic carbocycles. The van der Waals surface area contributed by atoms with Crippen LogP contribution < -0.4 is 19.1 Å². The number of aliphatic hydroxyl groups is 1. The highest BCUT2D eigenvalue weighted by atomic mass is 35.5. The summed E-state index contributed by atoms with van der Waals surface area (Å²) in [6, 6.07) is 10.8. The Balaban J connectivity index is 1.93. The molecule has 182 valence electrons. The third-order valence-electron chi connectivity index (χ3n) is 5.74. The molecule has 1 unspecified atom stereocenters. The molecule has 1 aliphatic rings. The zero-order valence-corrected chi connectivity index (χ0v) is 21.2. The molecule has 1 amide bonds. The van der Waals surface area contributed by atoms with Crippen molar-refractivity contribution in [1.82, 2.24) is 0 Å². The van der Waals surface area contributed by atoms with Gasteiger partial charge >= 0.3 is 0 Å². The number of thiophene rings is 1. The van der Waals surface area contributed by atoms with Crippen LogP contribution in [0.3, 0.4) is 0 Å². The van der Waals surface area contributed by atoms with Gasteiger partial charge in [-0.3, -0.25) is 14.5 Å². The van der Waals surface area contributed by atoms with E-state index in [0.717, 1.165) is 10.4 Å². The number of carbonyl (C=O) groups is 2. The van der Waals surface area contributed by atoms with E-state index in [1.165, 1.54) is 30.5 Å². The van der Waals surface area contributed by atoms with Crippen molar-refractivity contribution in [2.75, 3.05) is 25.7 Å². The van der Waals surface area contributed by atoms with E-state index >= 15 is 0 Å².